The topological polar surface area (TPSA) is 83.1 Å². The Morgan fingerprint density at radius 1 is 1.39 bits per heavy atom. The lowest BCUT2D eigenvalue weighted by molar-refractivity contribution is -0.162. The van der Waals surface area contributed by atoms with Crippen LogP contribution in [0.5, 0.6) is 5.75 Å². The fourth-order valence-corrected chi connectivity index (χ4v) is 5.82. The van der Waals surface area contributed by atoms with Crippen LogP contribution in [0.2, 0.25) is 10.0 Å². The fraction of sp³-hybridized carbons (Fsp3) is 0.654. The number of rotatable bonds is 8. The van der Waals surface area contributed by atoms with E-state index < -0.39 is 28.0 Å². The predicted molar refractivity (Wildman–Crippen MR) is 145 cm³/mol. The highest BCUT2D eigenvalue weighted by atomic mass is 35.5. The first-order valence-corrected chi connectivity index (χ1v) is 14.2. The van der Waals surface area contributed by atoms with Crippen molar-refractivity contribution < 1.29 is 23.6 Å². The summed E-state index contributed by atoms with van der Waals surface area (Å²) in [5, 5.41) is 0.776. The van der Waals surface area contributed by atoms with Crippen molar-refractivity contribution in [3.8, 4) is 5.75 Å². The van der Waals surface area contributed by atoms with Gasteiger partial charge < -0.3 is 23.7 Å². The molecule has 2 heterocycles. The van der Waals surface area contributed by atoms with Crippen LogP contribution in [0.4, 0.5) is 0 Å². The first-order chi connectivity index (χ1) is 16.7. The number of carbonyl (C=O) groups is 1. The summed E-state index contributed by atoms with van der Waals surface area (Å²) in [4.78, 5) is 15.0. The smallest absolute Gasteiger partial charge is 0.254 e. The monoisotopic (exact) mass is 560 g/mol. The molecule has 5 atom stereocenters. The Morgan fingerprint density at radius 2 is 2.06 bits per heavy atom. The van der Waals surface area contributed by atoms with E-state index in [9.17, 15) is 9.35 Å². The molecule has 1 N–H and O–H groups in total. The summed E-state index contributed by atoms with van der Waals surface area (Å²) in [5.74, 6) is -0.100. The van der Waals surface area contributed by atoms with Gasteiger partial charge in [-0.2, -0.15) is 0 Å². The molecule has 36 heavy (non-hydrogen) atoms. The molecule has 1 amide bonds. The number of hydrogen-bond donors (Lipinski definition) is 1. The summed E-state index contributed by atoms with van der Waals surface area (Å²) in [7, 11) is 0. The maximum absolute atomic E-state index is 13.3. The molecular formula is C26H38Cl2N2O5S. The number of carbonyl (C=O) groups excluding carboxylic acids is 1. The van der Waals surface area contributed by atoms with Gasteiger partial charge in [-0.15, -0.1) is 4.72 Å². The van der Waals surface area contributed by atoms with E-state index in [4.69, 9.17) is 37.4 Å². The first kappa shape index (κ1) is 29.6. The zero-order valence-corrected chi connectivity index (χ0v) is 24.3. The SMILES string of the molecule is C=CCOc1cc(Cl)c(Cl)cc1C(N[S@@+]([O-])C(C)(C)C)C1CCN(C(=O)[C@H]2COC(C)(C)O2)CC1C. The fourth-order valence-electron chi connectivity index (χ4n) is 4.61. The van der Waals surface area contributed by atoms with E-state index >= 15 is 0 Å². The van der Waals surface area contributed by atoms with Gasteiger partial charge in [-0.1, -0.05) is 42.8 Å². The van der Waals surface area contributed by atoms with Gasteiger partial charge in [-0.3, -0.25) is 4.79 Å². The molecule has 2 aliphatic heterocycles. The molecule has 0 aromatic heterocycles. The van der Waals surface area contributed by atoms with Gasteiger partial charge in [0.25, 0.3) is 5.91 Å². The Hall–Kier alpha value is -1.00. The van der Waals surface area contributed by atoms with Crippen molar-refractivity contribution >= 4 is 40.5 Å². The second-order valence-electron chi connectivity index (χ2n) is 10.9. The van der Waals surface area contributed by atoms with E-state index in [-0.39, 0.29) is 30.4 Å². The van der Waals surface area contributed by atoms with Crippen LogP contribution in [0.25, 0.3) is 0 Å². The molecule has 2 aliphatic rings. The lowest BCUT2D eigenvalue weighted by Gasteiger charge is -2.42. The van der Waals surface area contributed by atoms with Gasteiger partial charge in [-0.25, -0.2) is 0 Å². The highest BCUT2D eigenvalue weighted by Gasteiger charge is 2.43. The molecule has 0 spiro atoms. The van der Waals surface area contributed by atoms with Gasteiger partial charge in [0, 0.05) is 36.1 Å². The number of hydrogen-bond acceptors (Lipinski definition) is 6. The standard InChI is InChI=1S/C26H38Cl2N2O5S/c1-8-11-33-21-13-20(28)19(27)12-18(21)23(29-36(32)25(3,4)5)17-9-10-30(14-16(17)2)24(31)22-15-34-26(6,7)35-22/h8,12-13,16-17,22-23,29H,1,9-11,14-15H2,2-7H3/t16?,17?,22-,23?,36+/m1/s1. The third-order valence-electron chi connectivity index (χ3n) is 6.53. The number of nitrogens with zero attached hydrogens (tertiary/aromatic N) is 1. The van der Waals surface area contributed by atoms with Crippen LogP contribution >= 0.6 is 23.2 Å². The lowest BCUT2D eigenvalue weighted by atomic mass is 9.78. The van der Waals surface area contributed by atoms with Crippen LogP contribution in [0, 0.1) is 11.8 Å². The van der Waals surface area contributed by atoms with Crippen molar-refractivity contribution in [1.82, 2.24) is 9.62 Å². The van der Waals surface area contributed by atoms with E-state index in [0.29, 0.717) is 41.9 Å². The van der Waals surface area contributed by atoms with Gasteiger partial charge in [0.2, 0.25) is 0 Å². The number of benzene rings is 1. The minimum absolute atomic E-state index is 0.0564. The summed E-state index contributed by atoms with van der Waals surface area (Å²) in [6.07, 6.45) is 1.76. The molecule has 7 nitrogen and oxygen atoms in total. The van der Waals surface area contributed by atoms with E-state index in [1.807, 2.05) is 39.5 Å². The van der Waals surface area contributed by atoms with Gasteiger partial charge in [0.15, 0.2) is 11.9 Å². The maximum atomic E-state index is 13.3. The van der Waals surface area contributed by atoms with E-state index in [0.717, 1.165) is 5.56 Å². The Labute approximate surface area is 228 Å². The number of halogens is 2. The lowest BCUT2D eigenvalue weighted by Crippen LogP contribution is -2.51. The van der Waals surface area contributed by atoms with Crippen LogP contribution in [-0.2, 0) is 25.6 Å². The van der Waals surface area contributed by atoms with Crippen molar-refractivity contribution in [2.24, 2.45) is 11.8 Å². The molecular weight excluding hydrogens is 523 g/mol. The van der Waals surface area contributed by atoms with Crippen molar-refractivity contribution in [2.45, 2.75) is 70.6 Å². The van der Waals surface area contributed by atoms with Crippen LogP contribution in [0.3, 0.4) is 0 Å². The molecule has 10 heteroatoms. The van der Waals surface area contributed by atoms with Crippen molar-refractivity contribution in [1.29, 1.82) is 0 Å². The van der Waals surface area contributed by atoms with E-state index in [1.165, 1.54) is 0 Å². The number of likely N-dealkylation sites (tertiary alicyclic amines) is 1. The Bertz CT molecular complexity index is 955. The Morgan fingerprint density at radius 3 is 2.61 bits per heavy atom. The third-order valence-corrected chi connectivity index (χ3v) is 8.83. The largest absolute Gasteiger partial charge is 0.598 e. The molecule has 202 valence electrons. The molecule has 0 bridgehead atoms. The van der Waals surface area contributed by atoms with Crippen LogP contribution < -0.4 is 9.46 Å². The molecule has 3 unspecified atom stereocenters. The molecule has 2 fully saturated rings. The highest BCUT2D eigenvalue weighted by Crippen LogP contribution is 2.42. The van der Waals surface area contributed by atoms with Crippen LogP contribution in [0.15, 0.2) is 24.8 Å². The summed E-state index contributed by atoms with van der Waals surface area (Å²) in [6.45, 7) is 16.9. The summed E-state index contributed by atoms with van der Waals surface area (Å²) < 4.78 is 33.5. The summed E-state index contributed by atoms with van der Waals surface area (Å²) >= 11 is 11.4. The van der Waals surface area contributed by atoms with Crippen molar-refractivity contribution in [2.75, 3.05) is 26.3 Å². The first-order valence-electron chi connectivity index (χ1n) is 12.2. The number of nitrogens with one attached hydrogen (secondary N) is 1. The molecule has 0 aliphatic carbocycles. The second-order valence-corrected chi connectivity index (χ2v) is 13.7. The Balaban J connectivity index is 1.88. The molecule has 1 aromatic carbocycles. The molecule has 1 aromatic rings. The maximum Gasteiger partial charge on any atom is 0.254 e. The summed E-state index contributed by atoms with van der Waals surface area (Å²) in [5.41, 5.74) is 0.787. The van der Waals surface area contributed by atoms with Crippen LogP contribution in [-0.4, -0.2) is 58.3 Å². The summed E-state index contributed by atoms with van der Waals surface area (Å²) in [6, 6.07) is 3.15. The van der Waals surface area contributed by atoms with Gasteiger partial charge in [-0.05, 0) is 58.9 Å². The van der Waals surface area contributed by atoms with Gasteiger partial charge >= 0.3 is 0 Å². The highest BCUT2D eigenvalue weighted by molar-refractivity contribution is 7.90. The number of piperidine rings is 1. The third kappa shape index (κ3) is 7.10. The molecule has 3 rings (SSSR count). The van der Waals surface area contributed by atoms with Crippen molar-refractivity contribution in [3.05, 3.63) is 40.4 Å². The van der Waals surface area contributed by atoms with E-state index in [1.54, 1.807) is 18.2 Å². The minimum Gasteiger partial charge on any atom is -0.598 e. The quantitative estimate of drug-likeness (QED) is 0.343. The average Bonchev–Trinajstić information content (AvgIpc) is 3.16. The molecule has 2 saturated heterocycles. The number of amides is 1. The second kappa shape index (κ2) is 11.8. The average molecular weight is 562 g/mol. The zero-order valence-electron chi connectivity index (χ0n) is 21.9. The van der Waals surface area contributed by atoms with E-state index in [2.05, 4.69) is 18.2 Å². The minimum atomic E-state index is -1.36. The van der Waals surface area contributed by atoms with Gasteiger partial charge in [0.05, 0.1) is 22.7 Å². The van der Waals surface area contributed by atoms with Crippen LogP contribution in [0.1, 0.15) is 59.6 Å². The zero-order chi connectivity index (χ0) is 26.8. The molecule has 0 saturated carbocycles. The molecule has 0 radical (unpaired) electrons. The van der Waals surface area contributed by atoms with Crippen molar-refractivity contribution in [3.63, 3.8) is 0 Å². The normalized spacial score (nSPS) is 25.9. The van der Waals surface area contributed by atoms with Gasteiger partial charge in [0.1, 0.15) is 17.1 Å². The predicted octanol–water partition coefficient (Wildman–Crippen LogP) is 5.29. The Kier molecular flexibility index (Phi) is 9.69. The number of ether oxygens (including phenoxy) is 3.